The fraction of sp³-hybridized carbons (Fsp3) is 0.387. The molecule has 0 fully saturated rings. The molecule has 0 bridgehead atoms. The van der Waals surface area contributed by atoms with Crippen molar-refractivity contribution in [3.63, 3.8) is 0 Å². The molecule has 1 N–H and O–H groups in total. The maximum Gasteiger partial charge on any atom is 0.500 e. The highest BCUT2D eigenvalue weighted by Crippen LogP contribution is 2.34. The minimum atomic E-state index is -2.70. The summed E-state index contributed by atoms with van der Waals surface area (Å²) in [5.74, 6) is 0. The van der Waals surface area contributed by atoms with Gasteiger partial charge in [0.15, 0.2) is 0 Å². The first-order valence-corrected chi connectivity index (χ1v) is 15.7. The van der Waals surface area contributed by atoms with Gasteiger partial charge in [0.2, 0.25) is 0 Å². The summed E-state index contributed by atoms with van der Waals surface area (Å²) in [7, 11) is -2.70. The molecule has 0 heterocycles. The van der Waals surface area contributed by atoms with Gasteiger partial charge in [-0.2, -0.15) is 0 Å². The molecule has 8 heteroatoms. The van der Waals surface area contributed by atoms with E-state index < -0.39 is 14.9 Å². The second kappa shape index (κ2) is 15.4. The summed E-state index contributed by atoms with van der Waals surface area (Å²) in [6.45, 7) is 12.2. The second-order valence-electron chi connectivity index (χ2n) is 9.26. The van der Waals surface area contributed by atoms with Crippen molar-refractivity contribution in [2.45, 2.75) is 53.7 Å². The summed E-state index contributed by atoms with van der Waals surface area (Å²) in [6, 6.07) is 25.7. The molecule has 0 aliphatic heterocycles. The van der Waals surface area contributed by atoms with Gasteiger partial charge < -0.3 is 28.2 Å². The molecule has 1 amide bonds. The SMILES string of the molecule is CCO[Si](CCCNC(=O)OCc1ccc(N(c2ccc(C)cc2)c2ccc(C)cc2)cc1)(OCC)OCC. The summed E-state index contributed by atoms with van der Waals surface area (Å²) >= 11 is 0. The molecule has 0 aromatic heterocycles. The maximum absolute atomic E-state index is 12.3. The normalized spacial score (nSPS) is 11.3. The molecular formula is C31H42N2O5Si. The van der Waals surface area contributed by atoms with Crippen LogP contribution in [0.5, 0.6) is 0 Å². The van der Waals surface area contributed by atoms with E-state index in [-0.39, 0.29) is 6.61 Å². The third kappa shape index (κ3) is 9.21. The Morgan fingerprint density at radius 3 is 1.59 bits per heavy atom. The van der Waals surface area contributed by atoms with Crippen LogP contribution in [0, 0.1) is 13.8 Å². The fourth-order valence-corrected chi connectivity index (χ4v) is 6.88. The van der Waals surface area contributed by atoms with Gasteiger partial charge in [-0.05, 0) is 83.0 Å². The maximum atomic E-state index is 12.3. The minimum Gasteiger partial charge on any atom is -0.445 e. The van der Waals surface area contributed by atoms with Gasteiger partial charge in [0.05, 0.1) is 0 Å². The van der Waals surface area contributed by atoms with E-state index in [9.17, 15) is 4.79 Å². The van der Waals surface area contributed by atoms with Crippen LogP contribution < -0.4 is 10.2 Å². The number of ether oxygens (including phenoxy) is 1. The number of alkyl carbamates (subject to hydrolysis) is 1. The molecule has 3 aromatic rings. The molecule has 39 heavy (non-hydrogen) atoms. The summed E-state index contributed by atoms with van der Waals surface area (Å²) < 4.78 is 23.0. The molecule has 3 aromatic carbocycles. The summed E-state index contributed by atoms with van der Waals surface area (Å²) in [5, 5.41) is 2.82. The number of hydrogen-bond donors (Lipinski definition) is 1. The molecule has 0 saturated carbocycles. The summed E-state index contributed by atoms with van der Waals surface area (Å²) in [4.78, 5) is 14.5. The van der Waals surface area contributed by atoms with Crippen molar-refractivity contribution < 1.29 is 22.8 Å². The fourth-order valence-electron chi connectivity index (χ4n) is 4.27. The smallest absolute Gasteiger partial charge is 0.445 e. The Bertz CT molecular complexity index is 1070. The zero-order valence-electron chi connectivity index (χ0n) is 23.9. The number of benzene rings is 3. The van der Waals surface area contributed by atoms with Crippen LogP contribution in [0.25, 0.3) is 0 Å². The molecule has 0 aliphatic carbocycles. The lowest BCUT2D eigenvalue weighted by Crippen LogP contribution is -2.46. The lowest BCUT2D eigenvalue weighted by Gasteiger charge is -2.28. The van der Waals surface area contributed by atoms with Crippen LogP contribution in [-0.2, 0) is 24.6 Å². The first kappa shape index (κ1) is 30.4. The standard InChI is InChI=1S/C31H42N2O5Si/c1-6-36-39(37-7-2,38-8-3)23-9-22-32-31(34)35-24-27-14-20-30(21-15-27)33(28-16-10-25(4)11-17-28)29-18-12-26(5)13-19-29/h10-21H,6-9,22-24H2,1-5H3,(H,32,34). The Hall–Kier alpha value is -3.17. The average molecular weight is 551 g/mol. The first-order valence-electron chi connectivity index (χ1n) is 13.7. The Morgan fingerprint density at radius 2 is 1.15 bits per heavy atom. The number of carbonyl (C=O) groups excluding carboxylic acids is 1. The van der Waals surface area contributed by atoms with Crippen molar-refractivity contribution in [2.24, 2.45) is 0 Å². The largest absolute Gasteiger partial charge is 0.500 e. The van der Waals surface area contributed by atoms with Crippen LogP contribution in [0.15, 0.2) is 72.8 Å². The van der Waals surface area contributed by atoms with E-state index in [4.69, 9.17) is 18.0 Å². The number of aryl methyl sites for hydroxylation is 2. The third-order valence-electron chi connectivity index (χ3n) is 6.17. The van der Waals surface area contributed by atoms with Gasteiger partial charge in [0, 0.05) is 49.5 Å². The van der Waals surface area contributed by atoms with E-state index in [0.29, 0.717) is 38.8 Å². The molecule has 0 saturated heterocycles. The quantitative estimate of drug-likeness (QED) is 0.157. The van der Waals surface area contributed by atoms with Gasteiger partial charge in [-0.1, -0.05) is 47.5 Å². The highest BCUT2D eigenvalue weighted by atomic mass is 28.4. The van der Waals surface area contributed by atoms with Gasteiger partial charge in [-0.3, -0.25) is 0 Å². The zero-order valence-corrected chi connectivity index (χ0v) is 24.9. The van der Waals surface area contributed by atoms with Gasteiger partial charge in [-0.25, -0.2) is 4.79 Å². The van der Waals surface area contributed by atoms with Crippen LogP contribution >= 0.6 is 0 Å². The van der Waals surface area contributed by atoms with Crippen molar-refractivity contribution in [1.82, 2.24) is 5.32 Å². The Kier molecular flexibility index (Phi) is 12.0. The lowest BCUT2D eigenvalue weighted by molar-refractivity contribution is 0.0706. The molecule has 7 nitrogen and oxygen atoms in total. The number of anilines is 3. The number of nitrogens with zero attached hydrogens (tertiary/aromatic N) is 1. The Morgan fingerprint density at radius 1 is 0.718 bits per heavy atom. The third-order valence-corrected chi connectivity index (χ3v) is 9.32. The van der Waals surface area contributed by atoms with E-state index in [1.165, 1.54) is 11.1 Å². The van der Waals surface area contributed by atoms with Crippen LogP contribution in [0.1, 0.15) is 43.9 Å². The van der Waals surface area contributed by atoms with Crippen molar-refractivity contribution >= 4 is 32.0 Å². The van der Waals surface area contributed by atoms with Crippen LogP contribution in [0.3, 0.4) is 0 Å². The van der Waals surface area contributed by atoms with E-state index in [1.807, 2.05) is 32.9 Å². The molecular weight excluding hydrogens is 508 g/mol. The lowest BCUT2D eigenvalue weighted by atomic mass is 10.1. The van der Waals surface area contributed by atoms with E-state index in [1.54, 1.807) is 0 Å². The van der Waals surface area contributed by atoms with E-state index >= 15 is 0 Å². The van der Waals surface area contributed by atoms with E-state index in [0.717, 1.165) is 22.6 Å². The molecule has 0 spiro atoms. The van der Waals surface area contributed by atoms with Crippen LogP contribution in [0.2, 0.25) is 6.04 Å². The van der Waals surface area contributed by atoms with Crippen LogP contribution in [-0.4, -0.2) is 41.3 Å². The van der Waals surface area contributed by atoms with Gasteiger partial charge in [0.25, 0.3) is 0 Å². The molecule has 0 aliphatic rings. The average Bonchev–Trinajstić information content (AvgIpc) is 2.93. The molecule has 0 radical (unpaired) electrons. The summed E-state index contributed by atoms with van der Waals surface area (Å²) in [6.07, 6.45) is 0.237. The van der Waals surface area contributed by atoms with Crippen molar-refractivity contribution in [2.75, 3.05) is 31.3 Å². The molecule has 210 valence electrons. The van der Waals surface area contributed by atoms with Crippen molar-refractivity contribution in [1.29, 1.82) is 0 Å². The minimum absolute atomic E-state index is 0.191. The molecule has 0 atom stereocenters. The van der Waals surface area contributed by atoms with Crippen LogP contribution in [0.4, 0.5) is 21.9 Å². The Labute approximate surface area is 234 Å². The number of carbonyl (C=O) groups is 1. The van der Waals surface area contributed by atoms with E-state index in [2.05, 4.69) is 84.7 Å². The number of amides is 1. The predicted octanol–water partition coefficient (Wildman–Crippen LogP) is 7.44. The number of nitrogens with one attached hydrogen (secondary N) is 1. The van der Waals surface area contributed by atoms with Gasteiger partial charge >= 0.3 is 14.9 Å². The Balaban J connectivity index is 1.56. The number of rotatable bonds is 15. The zero-order chi connectivity index (χ0) is 28.1. The highest BCUT2D eigenvalue weighted by molar-refractivity contribution is 6.60. The number of hydrogen-bond acceptors (Lipinski definition) is 6. The first-order chi connectivity index (χ1) is 18.9. The monoisotopic (exact) mass is 550 g/mol. The second-order valence-corrected chi connectivity index (χ2v) is 12.0. The van der Waals surface area contributed by atoms with Gasteiger partial charge in [0.1, 0.15) is 6.61 Å². The van der Waals surface area contributed by atoms with Gasteiger partial charge in [-0.15, -0.1) is 0 Å². The highest BCUT2D eigenvalue weighted by Gasteiger charge is 2.39. The summed E-state index contributed by atoms with van der Waals surface area (Å²) in [5.41, 5.74) is 6.54. The van der Waals surface area contributed by atoms with Crippen molar-refractivity contribution in [3.8, 4) is 0 Å². The molecule has 0 unspecified atom stereocenters. The predicted molar refractivity (Wildman–Crippen MR) is 159 cm³/mol. The topological polar surface area (TPSA) is 69.3 Å². The van der Waals surface area contributed by atoms with Crippen molar-refractivity contribution in [3.05, 3.63) is 89.5 Å². The molecule has 3 rings (SSSR count).